The van der Waals surface area contributed by atoms with Crippen molar-refractivity contribution in [1.82, 2.24) is 15.1 Å². The van der Waals surface area contributed by atoms with Crippen LogP contribution in [0.5, 0.6) is 0 Å². The van der Waals surface area contributed by atoms with Crippen LogP contribution in [0.3, 0.4) is 0 Å². The molecule has 1 aromatic carbocycles. The monoisotopic (exact) mass is 257 g/mol. The first-order valence-electron chi connectivity index (χ1n) is 6.32. The molecule has 0 aliphatic carbocycles. The largest absolute Gasteiger partial charge is 0.315 e. The van der Waals surface area contributed by atoms with Crippen LogP contribution in [0.25, 0.3) is 11.3 Å². The van der Waals surface area contributed by atoms with Crippen LogP contribution < -0.4 is 10.9 Å². The SMILES string of the molecule is CNCc1cc(-c2cc(C)ccc2C)nn(C)c1=O. The molecule has 0 aliphatic rings. The van der Waals surface area contributed by atoms with E-state index < -0.39 is 0 Å². The molecule has 2 rings (SSSR count). The molecule has 2 aromatic rings. The molecule has 0 saturated heterocycles. The van der Waals surface area contributed by atoms with Gasteiger partial charge in [-0.2, -0.15) is 5.10 Å². The fourth-order valence-electron chi connectivity index (χ4n) is 2.13. The van der Waals surface area contributed by atoms with E-state index in [0.717, 1.165) is 22.4 Å². The number of aromatic nitrogens is 2. The normalized spacial score (nSPS) is 10.7. The van der Waals surface area contributed by atoms with Crippen molar-refractivity contribution < 1.29 is 0 Å². The van der Waals surface area contributed by atoms with Gasteiger partial charge < -0.3 is 5.32 Å². The van der Waals surface area contributed by atoms with Gasteiger partial charge in [-0.1, -0.05) is 17.7 Å². The van der Waals surface area contributed by atoms with Gasteiger partial charge >= 0.3 is 0 Å². The van der Waals surface area contributed by atoms with E-state index in [-0.39, 0.29) is 5.56 Å². The Hall–Kier alpha value is -1.94. The third-order valence-corrected chi connectivity index (χ3v) is 3.17. The van der Waals surface area contributed by atoms with Gasteiger partial charge in [0.05, 0.1) is 5.69 Å². The molecule has 100 valence electrons. The molecule has 0 unspecified atom stereocenters. The number of aryl methyl sites for hydroxylation is 3. The lowest BCUT2D eigenvalue weighted by molar-refractivity contribution is 0.683. The van der Waals surface area contributed by atoms with E-state index in [2.05, 4.69) is 42.5 Å². The zero-order valence-corrected chi connectivity index (χ0v) is 11.8. The molecule has 1 N–H and O–H groups in total. The van der Waals surface area contributed by atoms with E-state index in [0.29, 0.717) is 6.54 Å². The summed E-state index contributed by atoms with van der Waals surface area (Å²) in [5.74, 6) is 0. The maximum atomic E-state index is 12.0. The standard InChI is InChI=1S/C15H19N3O/c1-10-5-6-11(2)13(7-10)14-8-12(9-16-3)15(19)18(4)17-14/h5-8,16H,9H2,1-4H3. The minimum atomic E-state index is -0.0524. The summed E-state index contributed by atoms with van der Waals surface area (Å²) in [4.78, 5) is 12.0. The Morgan fingerprint density at radius 1 is 1.26 bits per heavy atom. The topological polar surface area (TPSA) is 46.9 Å². The average Bonchev–Trinajstić information content (AvgIpc) is 2.38. The number of nitrogens with zero attached hydrogens (tertiary/aromatic N) is 2. The van der Waals surface area contributed by atoms with E-state index in [9.17, 15) is 4.79 Å². The highest BCUT2D eigenvalue weighted by molar-refractivity contribution is 5.64. The fourth-order valence-corrected chi connectivity index (χ4v) is 2.13. The van der Waals surface area contributed by atoms with Crippen LogP contribution in [-0.4, -0.2) is 16.8 Å². The van der Waals surface area contributed by atoms with Crippen LogP contribution in [0.2, 0.25) is 0 Å². The molecule has 19 heavy (non-hydrogen) atoms. The number of hydrogen-bond donors (Lipinski definition) is 1. The summed E-state index contributed by atoms with van der Waals surface area (Å²) < 4.78 is 1.41. The summed E-state index contributed by atoms with van der Waals surface area (Å²) in [5, 5.41) is 7.38. The second-order valence-corrected chi connectivity index (χ2v) is 4.83. The molecule has 1 heterocycles. The zero-order chi connectivity index (χ0) is 14.0. The Labute approximate surface area is 113 Å². The Bertz CT molecular complexity index is 659. The van der Waals surface area contributed by atoms with Crippen LogP contribution in [0, 0.1) is 13.8 Å². The summed E-state index contributed by atoms with van der Waals surface area (Å²) in [6, 6.07) is 8.14. The molecular formula is C15H19N3O. The Kier molecular flexibility index (Phi) is 3.81. The average molecular weight is 257 g/mol. The van der Waals surface area contributed by atoms with Crippen LogP contribution in [0.1, 0.15) is 16.7 Å². The molecule has 0 saturated carbocycles. The number of benzene rings is 1. The fraction of sp³-hybridized carbons (Fsp3) is 0.333. The third kappa shape index (κ3) is 2.74. The summed E-state index contributed by atoms with van der Waals surface area (Å²) >= 11 is 0. The molecule has 0 aliphatic heterocycles. The van der Waals surface area contributed by atoms with Crippen molar-refractivity contribution in [3.05, 3.63) is 51.3 Å². The highest BCUT2D eigenvalue weighted by atomic mass is 16.1. The summed E-state index contributed by atoms with van der Waals surface area (Å²) in [6.45, 7) is 4.66. The van der Waals surface area contributed by atoms with E-state index in [1.54, 1.807) is 7.05 Å². The first-order valence-corrected chi connectivity index (χ1v) is 6.32. The van der Waals surface area contributed by atoms with Gasteiger partial charge in [-0.25, -0.2) is 4.68 Å². The lowest BCUT2D eigenvalue weighted by Gasteiger charge is -2.10. The minimum absolute atomic E-state index is 0.0524. The third-order valence-electron chi connectivity index (χ3n) is 3.17. The molecule has 0 bridgehead atoms. The van der Waals surface area contributed by atoms with Crippen LogP contribution in [0.15, 0.2) is 29.1 Å². The van der Waals surface area contributed by atoms with E-state index in [4.69, 9.17) is 0 Å². The van der Waals surface area contributed by atoms with E-state index in [1.807, 2.05) is 13.1 Å². The number of rotatable bonds is 3. The van der Waals surface area contributed by atoms with Gasteiger partial charge in [0.1, 0.15) is 0 Å². The van der Waals surface area contributed by atoms with Crippen molar-refractivity contribution >= 4 is 0 Å². The van der Waals surface area contributed by atoms with Gasteiger partial charge in [0.15, 0.2) is 0 Å². The molecule has 0 spiro atoms. The lowest BCUT2D eigenvalue weighted by Crippen LogP contribution is -2.26. The van der Waals surface area contributed by atoms with Crippen LogP contribution in [0.4, 0.5) is 0 Å². The lowest BCUT2D eigenvalue weighted by atomic mass is 10.0. The first-order chi connectivity index (χ1) is 9.02. The maximum Gasteiger partial charge on any atom is 0.271 e. The molecule has 0 fully saturated rings. The predicted octanol–water partition coefficient (Wildman–Crippen LogP) is 1.78. The summed E-state index contributed by atoms with van der Waals surface area (Å²) in [6.07, 6.45) is 0. The van der Waals surface area contributed by atoms with Crippen molar-refractivity contribution in [3.63, 3.8) is 0 Å². The highest BCUT2D eigenvalue weighted by Crippen LogP contribution is 2.22. The molecule has 4 nitrogen and oxygen atoms in total. The quantitative estimate of drug-likeness (QED) is 0.911. The zero-order valence-electron chi connectivity index (χ0n) is 11.8. The Morgan fingerprint density at radius 3 is 2.68 bits per heavy atom. The van der Waals surface area contributed by atoms with Gasteiger partial charge in [0, 0.05) is 24.7 Å². The maximum absolute atomic E-state index is 12.0. The van der Waals surface area contributed by atoms with Crippen molar-refractivity contribution in [1.29, 1.82) is 0 Å². The number of nitrogens with one attached hydrogen (secondary N) is 1. The first kappa shape index (κ1) is 13.5. The van der Waals surface area contributed by atoms with Crippen LogP contribution in [-0.2, 0) is 13.6 Å². The predicted molar refractivity (Wildman–Crippen MR) is 77.2 cm³/mol. The van der Waals surface area contributed by atoms with E-state index >= 15 is 0 Å². The molecular weight excluding hydrogens is 238 g/mol. The minimum Gasteiger partial charge on any atom is -0.315 e. The van der Waals surface area contributed by atoms with Gasteiger partial charge in [-0.15, -0.1) is 0 Å². The van der Waals surface area contributed by atoms with Crippen molar-refractivity contribution in [2.75, 3.05) is 7.05 Å². The van der Waals surface area contributed by atoms with Gasteiger partial charge in [-0.3, -0.25) is 4.79 Å². The molecule has 0 atom stereocenters. The second-order valence-electron chi connectivity index (χ2n) is 4.83. The second kappa shape index (κ2) is 5.36. The Morgan fingerprint density at radius 2 is 2.00 bits per heavy atom. The smallest absolute Gasteiger partial charge is 0.271 e. The highest BCUT2D eigenvalue weighted by Gasteiger charge is 2.09. The van der Waals surface area contributed by atoms with Crippen molar-refractivity contribution in [2.45, 2.75) is 20.4 Å². The van der Waals surface area contributed by atoms with Crippen molar-refractivity contribution in [3.8, 4) is 11.3 Å². The molecule has 0 radical (unpaired) electrons. The van der Waals surface area contributed by atoms with Crippen molar-refractivity contribution in [2.24, 2.45) is 7.05 Å². The van der Waals surface area contributed by atoms with E-state index in [1.165, 1.54) is 10.2 Å². The molecule has 1 aromatic heterocycles. The van der Waals surface area contributed by atoms with Gasteiger partial charge in [-0.05, 0) is 38.6 Å². The van der Waals surface area contributed by atoms with Crippen LogP contribution >= 0.6 is 0 Å². The summed E-state index contributed by atoms with van der Waals surface area (Å²) in [7, 11) is 3.52. The Balaban J connectivity index is 2.62. The van der Waals surface area contributed by atoms with Gasteiger partial charge in [0.25, 0.3) is 5.56 Å². The number of hydrogen-bond acceptors (Lipinski definition) is 3. The molecule has 0 amide bonds. The molecule has 4 heteroatoms. The van der Waals surface area contributed by atoms with Gasteiger partial charge in [0.2, 0.25) is 0 Å². The summed E-state index contributed by atoms with van der Waals surface area (Å²) in [5.41, 5.74) is 4.94.